The van der Waals surface area contributed by atoms with Crippen LogP contribution in [0.1, 0.15) is 15.9 Å². The third-order valence-corrected chi connectivity index (χ3v) is 5.43. The number of thiazole rings is 1. The standard InChI is InChI=1S/C18H12BrN5O3S/c19-13-10-23(22-16(13)24(26)27)9-11-4-3-5-12(8-11)17(25)21-18-20-14-6-1-2-7-15(14)28-18/h1-8,10H,9H2,(H,20,21,25). The number of aromatic nitrogens is 3. The summed E-state index contributed by atoms with van der Waals surface area (Å²) >= 11 is 4.53. The number of nitrogens with zero attached hydrogens (tertiary/aromatic N) is 4. The van der Waals surface area contributed by atoms with Crippen molar-refractivity contribution >= 4 is 54.3 Å². The van der Waals surface area contributed by atoms with Gasteiger partial charge in [0.1, 0.15) is 4.47 Å². The summed E-state index contributed by atoms with van der Waals surface area (Å²) in [6, 6.07) is 14.7. The van der Waals surface area contributed by atoms with Crippen molar-refractivity contribution in [3.63, 3.8) is 0 Å². The number of anilines is 1. The van der Waals surface area contributed by atoms with Crippen LogP contribution in [0.15, 0.2) is 59.2 Å². The van der Waals surface area contributed by atoms with E-state index in [4.69, 9.17) is 0 Å². The van der Waals surface area contributed by atoms with E-state index >= 15 is 0 Å². The SMILES string of the molecule is O=C(Nc1nc2ccccc2s1)c1cccc(Cn2cc(Br)c([N+](=O)[O-])n2)c1. The molecule has 0 saturated carbocycles. The summed E-state index contributed by atoms with van der Waals surface area (Å²) in [5, 5.41) is 18.2. The molecule has 4 rings (SSSR count). The molecule has 1 N–H and O–H groups in total. The lowest BCUT2D eigenvalue weighted by atomic mass is 10.1. The van der Waals surface area contributed by atoms with E-state index in [1.54, 1.807) is 18.2 Å². The van der Waals surface area contributed by atoms with Gasteiger partial charge in [-0.1, -0.05) is 35.6 Å². The molecule has 10 heteroatoms. The summed E-state index contributed by atoms with van der Waals surface area (Å²) in [4.78, 5) is 27.3. The van der Waals surface area contributed by atoms with Crippen LogP contribution >= 0.6 is 27.3 Å². The molecule has 2 heterocycles. The highest BCUT2D eigenvalue weighted by Crippen LogP contribution is 2.26. The van der Waals surface area contributed by atoms with Gasteiger partial charge in [-0.2, -0.15) is 4.68 Å². The zero-order valence-corrected chi connectivity index (χ0v) is 16.6. The largest absolute Gasteiger partial charge is 0.404 e. The molecule has 0 unspecified atom stereocenters. The van der Waals surface area contributed by atoms with E-state index in [0.29, 0.717) is 21.7 Å². The van der Waals surface area contributed by atoms with E-state index in [9.17, 15) is 14.9 Å². The molecule has 0 radical (unpaired) electrons. The van der Waals surface area contributed by atoms with Crippen molar-refractivity contribution in [2.24, 2.45) is 0 Å². The van der Waals surface area contributed by atoms with E-state index in [1.165, 1.54) is 22.2 Å². The van der Waals surface area contributed by atoms with Gasteiger partial charge in [-0.15, -0.1) is 0 Å². The molecule has 8 nitrogen and oxygen atoms in total. The monoisotopic (exact) mass is 457 g/mol. The Balaban J connectivity index is 1.52. The van der Waals surface area contributed by atoms with Crippen LogP contribution in [-0.4, -0.2) is 25.6 Å². The molecule has 0 atom stereocenters. The molecule has 0 aliphatic rings. The smallest absolute Gasteiger partial charge is 0.358 e. The fourth-order valence-corrected chi connectivity index (χ4v) is 4.01. The zero-order chi connectivity index (χ0) is 19.7. The van der Waals surface area contributed by atoms with E-state index in [-0.39, 0.29) is 11.7 Å². The minimum Gasteiger partial charge on any atom is -0.358 e. The fraction of sp³-hybridized carbons (Fsp3) is 0.0556. The minimum atomic E-state index is -0.553. The topological polar surface area (TPSA) is 103 Å². The summed E-state index contributed by atoms with van der Waals surface area (Å²) in [5.74, 6) is -0.515. The van der Waals surface area contributed by atoms with Gasteiger partial charge >= 0.3 is 5.82 Å². The van der Waals surface area contributed by atoms with E-state index in [1.807, 2.05) is 30.3 Å². The van der Waals surface area contributed by atoms with Gasteiger partial charge in [-0.05, 0) is 50.7 Å². The molecular weight excluding hydrogens is 446 g/mol. The fourth-order valence-electron chi connectivity index (χ4n) is 2.68. The van der Waals surface area contributed by atoms with Gasteiger partial charge < -0.3 is 10.1 Å². The number of rotatable bonds is 5. The van der Waals surface area contributed by atoms with Crippen molar-refractivity contribution in [3.05, 3.63) is 80.4 Å². The molecule has 2 aromatic carbocycles. The van der Waals surface area contributed by atoms with Crippen LogP contribution < -0.4 is 5.32 Å². The Hall–Kier alpha value is -3.11. The normalized spacial score (nSPS) is 10.9. The maximum atomic E-state index is 12.6. The molecule has 0 aliphatic carbocycles. The van der Waals surface area contributed by atoms with Crippen LogP contribution in [0.2, 0.25) is 0 Å². The number of halogens is 1. The van der Waals surface area contributed by atoms with Crippen LogP contribution in [0.5, 0.6) is 0 Å². The third kappa shape index (κ3) is 3.78. The minimum absolute atomic E-state index is 0.246. The molecule has 0 bridgehead atoms. The van der Waals surface area contributed by atoms with E-state index in [2.05, 4.69) is 31.3 Å². The number of carbonyl (C=O) groups is 1. The second kappa shape index (κ2) is 7.49. The lowest BCUT2D eigenvalue weighted by Gasteiger charge is -2.04. The van der Waals surface area contributed by atoms with Gasteiger partial charge in [0.05, 0.1) is 28.1 Å². The Kier molecular flexibility index (Phi) is 4.88. The average molecular weight is 458 g/mol. The molecule has 0 saturated heterocycles. The first kappa shape index (κ1) is 18.3. The first-order valence-electron chi connectivity index (χ1n) is 8.13. The Bertz CT molecular complexity index is 1170. The average Bonchev–Trinajstić information content (AvgIpc) is 3.24. The van der Waals surface area contributed by atoms with Crippen molar-refractivity contribution in [2.45, 2.75) is 6.54 Å². The lowest BCUT2D eigenvalue weighted by Crippen LogP contribution is -2.12. The van der Waals surface area contributed by atoms with Crippen LogP contribution in [-0.2, 0) is 6.54 Å². The lowest BCUT2D eigenvalue weighted by molar-refractivity contribution is -0.390. The molecule has 0 aliphatic heterocycles. The summed E-state index contributed by atoms with van der Waals surface area (Å²) < 4.78 is 2.76. The third-order valence-electron chi connectivity index (χ3n) is 3.92. The van der Waals surface area contributed by atoms with Gasteiger partial charge in [0, 0.05) is 5.56 Å². The number of amides is 1. The first-order chi connectivity index (χ1) is 13.5. The van der Waals surface area contributed by atoms with Crippen molar-refractivity contribution in [1.82, 2.24) is 14.8 Å². The van der Waals surface area contributed by atoms with Gasteiger partial charge in [0.25, 0.3) is 5.91 Å². The van der Waals surface area contributed by atoms with Gasteiger partial charge in [0.15, 0.2) is 5.13 Å². The first-order valence-corrected chi connectivity index (χ1v) is 9.74. The van der Waals surface area contributed by atoms with Gasteiger partial charge in [-0.25, -0.2) is 4.98 Å². The number of benzene rings is 2. The second-order valence-corrected chi connectivity index (χ2v) is 7.78. The van der Waals surface area contributed by atoms with Crippen molar-refractivity contribution in [3.8, 4) is 0 Å². The van der Waals surface area contributed by atoms with E-state index in [0.717, 1.165) is 15.8 Å². The quantitative estimate of drug-likeness (QED) is 0.351. The molecule has 0 fully saturated rings. The van der Waals surface area contributed by atoms with Crippen molar-refractivity contribution in [1.29, 1.82) is 0 Å². The van der Waals surface area contributed by atoms with Gasteiger partial charge in [-0.3, -0.25) is 10.1 Å². The number of hydrogen-bond acceptors (Lipinski definition) is 6. The molecule has 4 aromatic rings. The Labute approximate surface area is 171 Å². The number of carbonyl (C=O) groups excluding carboxylic acids is 1. The Morgan fingerprint density at radius 1 is 1.25 bits per heavy atom. The highest BCUT2D eigenvalue weighted by Gasteiger charge is 2.19. The molecule has 2 aromatic heterocycles. The summed E-state index contributed by atoms with van der Waals surface area (Å²) in [7, 11) is 0. The molecule has 0 spiro atoms. The number of nitrogens with one attached hydrogen (secondary N) is 1. The second-order valence-electron chi connectivity index (χ2n) is 5.90. The van der Waals surface area contributed by atoms with Crippen LogP contribution in [0, 0.1) is 10.1 Å². The van der Waals surface area contributed by atoms with Crippen LogP contribution in [0.4, 0.5) is 10.9 Å². The van der Waals surface area contributed by atoms with Crippen molar-refractivity contribution in [2.75, 3.05) is 5.32 Å². The molecular formula is C18H12BrN5O3S. The number of nitro groups is 1. The molecule has 28 heavy (non-hydrogen) atoms. The summed E-state index contributed by atoms with van der Waals surface area (Å²) in [5.41, 5.74) is 2.10. The Morgan fingerprint density at radius 3 is 2.82 bits per heavy atom. The maximum Gasteiger partial charge on any atom is 0.404 e. The highest BCUT2D eigenvalue weighted by molar-refractivity contribution is 9.10. The van der Waals surface area contributed by atoms with Crippen LogP contribution in [0.25, 0.3) is 10.2 Å². The molecule has 1 amide bonds. The van der Waals surface area contributed by atoms with E-state index < -0.39 is 4.92 Å². The van der Waals surface area contributed by atoms with Crippen molar-refractivity contribution < 1.29 is 9.72 Å². The van der Waals surface area contributed by atoms with Gasteiger partial charge in [0.2, 0.25) is 0 Å². The van der Waals surface area contributed by atoms with Crippen LogP contribution in [0.3, 0.4) is 0 Å². The Morgan fingerprint density at radius 2 is 2.07 bits per heavy atom. The summed E-state index contributed by atoms with van der Waals surface area (Å²) in [6.45, 7) is 0.300. The number of hydrogen-bond donors (Lipinski definition) is 1. The predicted octanol–water partition coefficient (Wildman–Crippen LogP) is 4.46. The maximum absolute atomic E-state index is 12.6. The highest BCUT2D eigenvalue weighted by atomic mass is 79.9. The zero-order valence-electron chi connectivity index (χ0n) is 14.2. The number of para-hydroxylation sites is 1. The summed E-state index contributed by atoms with van der Waals surface area (Å²) in [6.07, 6.45) is 1.53. The number of fused-ring (bicyclic) bond motifs is 1. The predicted molar refractivity (Wildman–Crippen MR) is 110 cm³/mol. The molecule has 140 valence electrons.